The summed E-state index contributed by atoms with van der Waals surface area (Å²) in [6, 6.07) is 16.9. The van der Waals surface area contributed by atoms with Gasteiger partial charge in [0.15, 0.2) is 23.3 Å². The number of ether oxygens (including phenoxy) is 6. The smallest absolute Gasteiger partial charge is 0.270 e. The number of H-pyrrole nitrogens is 2. The van der Waals surface area contributed by atoms with E-state index in [-0.39, 0.29) is 10.6 Å². The Labute approximate surface area is 653 Å². The number of hydrogen-bond donors (Lipinski definition) is 2. The number of nitro benzene ring substituents is 1. The molecule has 3 aromatic heterocycles. The van der Waals surface area contributed by atoms with Crippen molar-refractivity contribution in [3.63, 3.8) is 0 Å². The van der Waals surface area contributed by atoms with Crippen molar-refractivity contribution in [2.24, 2.45) is 0 Å². The van der Waals surface area contributed by atoms with Gasteiger partial charge in [-0.05, 0) is 81.0 Å². The molecule has 17 nitrogen and oxygen atoms in total. The van der Waals surface area contributed by atoms with Gasteiger partial charge in [0.2, 0.25) is 0 Å². The summed E-state index contributed by atoms with van der Waals surface area (Å²) < 4.78 is 42.0. The Bertz CT molecular complexity index is 3980. The number of rotatable bonds is 61. The summed E-state index contributed by atoms with van der Waals surface area (Å²) in [7, 11) is 0. The molecule has 0 unspecified atom stereocenters. The molecule has 2 aliphatic rings. The van der Waals surface area contributed by atoms with E-state index in [0.29, 0.717) is 164 Å². The zero-order valence-electron chi connectivity index (χ0n) is 68.3. The zero-order chi connectivity index (χ0) is 76.3. The van der Waals surface area contributed by atoms with Gasteiger partial charge in [-0.15, -0.1) is 0 Å². The number of unbranched alkanes of at least 4 members (excludes halogenated alkanes) is 42. The lowest BCUT2D eigenvalue weighted by Gasteiger charge is -2.15. The summed E-state index contributed by atoms with van der Waals surface area (Å²) in [5.74, 6) is 5.07. The van der Waals surface area contributed by atoms with Crippen LogP contribution in [0.2, 0.25) is 0 Å². The van der Waals surface area contributed by atoms with Crippen LogP contribution in [0.3, 0.4) is 0 Å². The fourth-order valence-electron chi connectivity index (χ4n) is 15.3. The van der Waals surface area contributed by atoms with Gasteiger partial charge in [-0.3, -0.25) is 10.1 Å². The number of aromatic nitrogens is 8. The van der Waals surface area contributed by atoms with E-state index in [2.05, 4.69) is 51.5 Å². The molecule has 0 amide bonds. The second kappa shape index (κ2) is 49.6. The Kier molecular flexibility index (Phi) is 38.9. The molecule has 2 N–H and O–H groups in total. The largest absolute Gasteiger partial charge is 0.493 e. The van der Waals surface area contributed by atoms with Crippen molar-refractivity contribution in [3.05, 3.63) is 64.7 Å². The van der Waals surface area contributed by atoms with E-state index in [4.69, 9.17) is 58.3 Å². The molecule has 109 heavy (non-hydrogen) atoms. The number of aromatic amines is 2. The molecule has 0 spiro atoms. The maximum Gasteiger partial charge on any atom is 0.270 e. The van der Waals surface area contributed by atoms with Crippen LogP contribution in [0.15, 0.2) is 54.6 Å². The number of hydrogen-bond acceptors (Lipinski definition) is 14. The Balaban J connectivity index is 1.28. The van der Waals surface area contributed by atoms with Crippen molar-refractivity contribution < 1.29 is 33.3 Å². The predicted octanol–water partition coefficient (Wildman–Crippen LogP) is 27.9. The first-order valence-electron chi connectivity index (χ1n) is 44.2. The third-order valence-electron chi connectivity index (χ3n) is 21.8. The fourth-order valence-corrected chi connectivity index (χ4v) is 15.3. The van der Waals surface area contributed by atoms with Gasteiger partial charge in [-0.2, -0.15) is 0 Å². The highest BCUT2D eigenvalue weighted by Crippen LogP contribution is 2.50. The number of nitrogens with one attached hydrogen (secondary N) is 2. The van der Waals surface area contributed by atoms with E-state index in [1.165, 1.54) is 199 Å². The van der Waals surface area contributed by atoms with Crippen LogP contribution in [0.4, 0.5) is 5.69 Å². The first kappa shape index (κ1) is 85.4. The predicted molar refractivity (Wildman–Crippen MR) is 451 cm³/mol. The molecule has 598 valence electrons. The first-order chi connectivity index (χ1) is 53.8. The molecule has 0 radical (unpaired) electrons. The SMILES string of the molecule is CCCCCCCCCCOc1ccc(OCCCCCCCCCC)c2c1-c1nc-2nc2[nH]c(nc3nc(nc4[nH]c(n1)c1ccc([N+](=O)[O-])cc41)-c1c(OCCCCCCCCCC)ccc(OCCCCCCCCCC)c1-3)c1c(OCCCCCCCCCC)ccc(OCCCCCCCCCC)c21. The van der Waals surface area contributed by atoms with Crippen molar-refractivity contribution >= 4 is 49.8 Å². The van der Waals surface area contributed by atoms with Crippen molar-refractivity contribution in [1.29, 1.82) is 0 Å². The standard InChI is InChI=1S/C92H137N9O8/c1-7-13-19-25-31-37-43-49-63-104-73-57-59-75(106-65-51-45-39-33-27-21-15-9-3)81-79(73)87-94-85-71-56-55-70(101(102)103)69-72(71)86(93-85)95-88-80-74(105-64-50-44-38-32-26-20-14-8-2)58-60-76(107-66-52-46-40-34-28-22-16-10-4)82(80)90(97-88)99-92-84-78(109-68-54-48-42-36-30-24-18-12-6)62-61-77(83(84)91(100-92)98-89(81)96-87)108-67-53-47-41-35-29-23-17-11-5/h55-62,69H,7-54,63-68H2,1-6H3,(H2,93,94,95,96,97,98,99,100). The topological polar surface area (TPSA) is 207 Å². The van der Waals surface area contributed by atoms with E-state index < -0.39 is 0 Å². The molecular weight excluding hydrogens is 1360 g/mol. The summed E-state index contributed by atoms with van der Waals surface area (Å²) in [6.07, 6.45) is 55.9. The van der Waals surface area contributed by atoms with E-state index in [1.54, 1.807) is 12.1 Å². The van der Waals surface area contributed by atoms with Crippen LogP contribution in [0, 0.1) is 10.1 Å². The lowest BCUT2D eigenvalue weighted by Crippen LogP contribution is -2.02. The summed E-state index contributed by atoms with van der Waals surface area (Å²) in [5, 5.41) is 15.4. The molecule has 9 rings (SSSR count). The monoisotopic (exact) mass is 1500 g/mol. The summed E-state index contributed by atoms with van der Waals surface area (Å²) in [5.41, 5.74) is 4.10. The number of fused-ring (bicyclic) bond motifs is 20. The second-order valence-electron chi connectivity index (χ2n) is 31.0. The number of nitrogens with zero attached hydrogens (tertiary/aromatic N) is 7. The first-order valence-corrected chi connectivity index (χ1v) is 44.2. The van der Waals surface area contributed by atoms with Crippen LogP contribution in [-0.2, 0) is 0 Å². The van der Waals surface area contributed by atoms with E-state index in [1.807, 2.05) is 36.4 Å². The second-order valence-corrected chi connectivity index (χ2v) is 31.0. The van der Waals surface area contributed by atoms with Crippen LogP contribution >= 0.6 is 0 Å². The van der Waals surface area contributed by atoms with Gasteiger partial charge < -0.3 is 38.4 Å². The molecule has 0 saturated carbocycles. The van der Waals surface area contributed by atoms with Crippen molar-refractivity contribution in [3.8, 4) is 80.0 Å². The maximum absolute atomic E-state index is 12.9. The third kappa shape index (κ3) is 26.8. The molecule has 8 bridgehead atoms. The molecule has 0 atom stereocenters. The van der Waals surface area contributed by atoms with Gasteiger partial charge >= 0.3 is 0 Å². The lowest BCUT2D eigenvalue weighted by atomic mass is 10.1. The molecule has 7 aromatic rings. The van der Waals surface area contributed by atoms with Gasteiger partial charge in [-0.1, -0.05) is 311 Å². The lowest BCUT2D eigenvalue weighted by molar-refractivity contribution is -0.384. The Morgan fingerprint density at radius 2 is 0.486 bits per heavy atom. The van der Waals surface area contributed by atoms with Crippen LogP contribution in [0.25, 0.3) is 89.7 Å². The van der Waals surface area contributed by atoms with Crippen LogP contribution in [-0.4, -0.2) is 84.4 Å². The summed E-state index contributed by atoms with van der Waals surface area (Å²) in [6.45, 7) is 16.5. The average Bonchev–Trinajstić information content (AvgIpc) is 1.58. The van der Waals surface area contributed by atoms with Crippen LogP contribution in [0.1, 0.15) is 350 Å². The quantitative estimate of drug-likeness (QED) is 0.0207. The average molecular weight is 1500 g/mol. The highest BCUT2D eigenvalue weighted by molar-refractivity contribution is 6.12. The molecule has 5 heterocycles. The summed E-state index contributed by atoms with van der Waals surface area (Å²) >= 11 is 0. The number of non-ortho nitro benzene ring substituents is 1. The van der Waals surface area contributed by atoms with Crippen LogP contribution in [0.5, 0.6) is 34.5 Å². The van der Waals surface area contributed by atoms with Crippen molar-refractivity contribution in [2.45, 2.75) is 350 Å². The van der Waals surface area contributed by atoms with E-state index in [0.717, 1.165) is 116 Å². The molecule has 2 aliphatic heterocycles. The van der Waals surface area contributed by atoms with Crippen LogP contribution < -0.4 is 28.4 Å². The molecule has 4 aromatic carbocycles. The van der Waals surface area contributed by atoms with Gasteiger partial charge in [0.1, 0.15) is 57.1 Å². The van der Waals surface area contributed by atoms with E-state index in [9.17, 15) is 10.1 Å². The fraction of sp³-hybridized carbons (Fsp3) is 0.652. The molecular formula is C92H137N9O8. The highest BCUT2D eigenvalue weighted by Gasteiger charge is 2.32. The molecule has 0 saturated heterocycles. The maximum atomic E-state index is 12.9. The number of nitro groups is 1. The number of benzene rings is 4. The van der Waals surface area contributed by atoms with Gasteiger partial charge in [0.05, 0.1) is 77.6 Å². The van der Waals surface area contributed by atoms with Gasteiger partial charge in [0.25, 0.3) is 5.69 Å². The third-order valence-corrected chi connectivity index (χ3v) is 21.8. The summed E-state index contributed by atoms with van der Waals surface area (Å²) in [4.78, 5) is 53.4. The minimum Gasteiger partial charge on any atom is -0.493 e. The zero-order valence-corrected chi connectivity index (χ0v) is 68.3. The molecule has 0 aliphatic carbocycles. The van der Waals surface area contributed by atoms with E-state index >= 15 is 0 Å². The minimum atomic E-state index is -0.372. The Hall–Kier alpha value is -7.56. The van der Waals surface area contributed by atoms with Crippen molar-refractivity contribution in [2.75, 3.05) is 39.6 Å². The highest BCUT2D eigenvalue weighted by atomic mass is 16.6. The van der Waals surface area contributed by atoms with Gasteiger partial charge in [0, 0.05) is 22.9 Å². The molecule has 0 fully saturated rings. The van der Waals surface area contributed by atoms with Crippen molar-refractivity contribution in [1.82, 2.24) is 39.9 Å². The Morgan fingerprint density at radius 3 is 0.752 bits per heavy atom. The van der Waals surface area contributed by atoms with Gasteiger partial charge in [-0.25, -0.2) is 29.9 Å². The minimum absolute atomic E-state index is 0.0916. The molecule has 17 heteroatoms. The Morgan fingerprint density at radius 1 is 0.266 bits per heavy atom. The normalized spacial score (nSPS) is 11.8.